The van der Waals surface area contributed by atoms with Crippen LogP contribution in [0.4, 0.5) is 5.82 Å². The summed E-state index contributed by atoms with van der Waals surface area (Å²) in [5, 5.41) is 24.9. The molecule has 3 N–H and O–H groups in total. The molecule has 5 rings (SSSR count). The second-order valence-corrected chi connectivity index (χ2v) is 12.0. The Morgan fingerprint density at radius 3 is 2.73 bits per heavy atom. The molecule has 0 bridgehead atoms. The van der Waals surface area contributed by atoms with Gasteiger partial charge >= 0.3 is 0 Å². The molecule has 6 nitrogen and oxygen atoms in total. The van der Waals surface area contributed by atoms with Crippen molar-refractivity contribution in [1.29, 1.82) is 5.26 Å². The average Bonchev–Trinajstić information content (AvgIpc) is 3.36. The van der Waals surface area contributed by atoms with Crippen LogP contribution in [0.25, 0.3) is 0 Å². The highest BCUT2D eigenvalue weighted by Gasteiger charge is 2.58. The Bertz CT molecular complexity index is 908. The van der Waals surface area contributed by atoms with E-state index < -0.39 is 5.60 Å². The zero-order valence-corrected chi connectivity index (χ0v) is 20.7. The summed E-state index contributed by atoms with van der Waals surface area (Å²) in [7, 11) is 0. The van der Waals surface area contributed by atoms with Crippen LogP contribution in [0.5, 0.6) is 0 Å². The number of nitrogens with zero attached hydrogens (tertiary/aromatic N) is 3. The lowest BCUT2D eigenvalue weighted by atomic mass is 9.48. The second kappa shape index (κ2) is 8.57. The zero-order valence-electron chi connectivity index (χ0n) is 20.7. The number of nitrogen functional groups attached to an aromatic ring is 1. The number of ether oxygens (including phenoxy) is 1. The number of rotatable bonds is 5. The Kier molecular flexibility index (Phi) is 6.02. The summed E-state index contributed by atoms with van der Waals surface area (Å²) in [6.45, 7) is 8.00. The number of aromatic nitrogens is 2. The zero-order chi connectivity index (χ0) is 23.4. The predicted octanol–water partition coefficient (Wildman–Crippen LogP) is 4.93. The first-order valence-electron chi connectivity index (χ1n) is 13.3. The minimum Gasteiger partial charge on any atom is -0.387 e. The van der Waals surface area contributed by atoms with Crippen molar-refractivity contribution < 1.29 is 9.84 Å². The third-order valence-electron chi connectivity index (χ3n) is 10.7. The molecule has 6 heteroatoms. The molecule has 33 heavy (non-hydrogen) atoms. The standard InChI is InChI=1S/C27H42N4O2/c1-4-33-16-27(32)12-10-20-18(13-27)5-6-22-21(20)9-11-26(3)23(7-8-24(22)26)17(2)31-25(29)19(14-28)15-30-31/h15,17-18,20-24,32H,4-13,16,29H2,1-3H3/t17-,18+,20-,21+,22+,23+,24-,26+,27+/m0/s1. The van der Waals surface area contributed by atoms with Crippen molar-refractivity contribution in [2.45, 2.75) is 90.2 Å². The molecule has 1 heterocycles. The van der Waals surface area contributed by atoms with Crippen LogP contribution >= 0.6 is 0 Å². The number of anilines is 1. The van der Waals surface area contributed by atoms with Gasteiger partial charge < -0.3 is 15.6 Å². The van der Waals surface area contributed by atoms with E-state index in [1.807, 2.05) is 11.6 Å². The van der Waals surface area contributed by atoms with Gasteiger partial charge in [0.2, 0.25) is 0 Å². The maximum Gasteiger partial charge on any atom is 0.140 e. The minimum atomic E-state index is -0.604. The van der Waals surface area contributed by atoms with Crippen LogP contribution < -0.4 is 5.73 Å². The van der Waals surface area contributed by atoms with E-state index in [2.05, 4.69) is 25.0 Å². The van der Waals surface area contributed by atoms with E-state index in [4.69, 9.17) is 10.5 Å². The van der Waals surface area contributed by atoms with Crippen molar-refractivity contribution in [3.05, 3.63) is 11.8 Å². The number of nitrogens with two attached hydrogens (primary N) is 1. The van der Waals surface area contributed by atoms with Crippen molar-refractivity contribution in [2.24, 2.45) is 40.9 Å². The summed E-state index contributed by atoms with van der Waals surface area (Å²) < 4.78 is 7.55. The fraction of sp³-hybridized carbons (Fsp3) is 0.852. The van der Waals surface area contributed by atoms with Crippen LogP contribution in [0.2, 0.25) is 0 Å². The van der Waals surface area contributed by atoms with Crippen LogP contribution in [0.3, 0.4) is 0 Å². The molecule has 4 aliphatic rings. The van der Waals surface area contributed by atoms with E-state index >= 15 is 0 Å². The third-order valence-corrected chi connectivity index (χ3v) is 10.7. The summed E-state index contributed by atoms with van der Waals surface area (Å²) >= 11 is 0. The molecule has 4 saturated carbocycles. The normalized spacial score (nSPS) is 43.2. The smallest absolute Gasteiger partial charge is 0.140 e. The van der Waals surface area contributed by atoms with Crippen LogP contribution in [0.1, 0.15) is 90.2 Å². The van der Waals surface area contributed by atoms with E-state index in [1.165, 1.54) is 44.9 Å². The monoisotopic (exact) mass is 454 g/mol. The summed E-state index contributed by atoms with van der Waals surface area (Å²) in [6, 6.07) is 2.39. The molecule has 0 amide bonds. The van der Waals surface area contributed by atoms with Crippen molar-refractivity contribution >= 4 is 5.82 Å². The Morgan fingerprint density at radius 1 is 1.21 bits per heavy atom. The average molecular weight is 455 g/mol. The summed E-state index contributed by atoms with van der Waals surface area (Å²) in [4.78, 5) is 0. The lowest BCUT2D eigenvalue weighted by Gasteiger charge is -2.57. The number of nitriles is 1. The SMILES string of the molecule is CCOC[C@@]1(O)CC[C@H]2[C@H](CC[C@@H]3[C@@H]2CC[C@]2(C)[C@@H]([C@H](C)n4ncc(C#N)c4N)CC[C@@H]32)C1. The fourth-order valence-corrected chi connectivity index (χ4v) is 9.17. The number of hydrogen-bond donors (Lipinski definition) is 2. The molecular formula is C27H42N4O2. The number of hydrogen-bond acceptors (Lipinski definition) is 5. The molecule has 0 aliphatic heterocycles. The molecule has 1 aromatic heterocycles. The fourth-order valence-electron chi connectivity index (χ4n) is 9.17. The molecule has 0 spiro atoms. The maximum atomic E-state index is 11.1. The van der Waals surface area contributed by atoms with E-state index in [-0.39, 0.29) is 6.04 Å². The molecule has 4 fully saturated rings. The van der Waals surface area contributed by atoms with E-state index in [0.717, 1.165) is 36.5 Å². The van der Waals surface area contributed by atoms with Gasteiger partial charge in [0.15, 0.2) is 0 Å². The molecule has 0 unspecified atom stereocenters. The highest BCUT2D eigenvalue weighted by molar-refractivity contribution is 5.47. The van der Waals surface area contributed by atoms with Gasteiger partial charge in [0, 0.05) is 6.61 Å². The van der Waals surface area contributed by atoms with Crippen molar-refractivity contribution in [3.8, 4) is 6.07 Å². The van der Waals surface area contributed by atoms with Gasteiger partial charge in [-0.1, -0.05) is 6.92 Å². The molecule has 0 saturated heterocycles. The van der Waals surface area contributed by atoms with Gasteiger partial charge in [-0.25, -0.2) is 4.68 Å². The number of aliphatic hydroxyl groups is 1. The van der Waals surface area contributed by atoms with Gasteiger partial charge in [-0.2, -0.15) is 10.4 Å². The lowest BCUT2D eigenvalue weighted by molar-refractivity contribution is -0.129. The van der Waals surface area contributed by atoms with Crippen molar-refractivity contribution in [1.82, 2.24) is 9.78 Å². The van der Waals surface area contributed by atoms with Crippen LogP contribution in [0, 0.1) is 52.3 Å². The van der Waals surface area contributed by atoms with Crippen LogP contribution in [-0.4, -0.2) is 33.7 Å². The first-order valence-corrected chi connectivity index (χ1v) is 13.3. The Labute approximate surface area is 198 Å². The highest BCUT2D eigenvalue weighted by Crippen LogP contribution is 2.66. The van der Waals surface area contributed by atoms with Gasteiger partial charge in [-0.15, -0.1) is 0 Å². The quantitative estimate of drug-likeness (QED) is 0.657. The van der Waals surface area contributed by atoms with E-state index in [0.29, 0.717) is 41.8 Å². The molecule has 0 aromatic carbocycles. The van der Waals surface area contributed by atoms with Gasteiger partial charge in [0.1, 0.15) is 17.5 Å². The first kappa shape index (κ1) is 23.2. The van der Waals surface area contributed by atoms with Gasteiger partial charge in [0.05, 0.1) is 24.4 Å². The number of fused-ring (bicyclic) bond motifs is 5. The second-order valence-electron chi connectivity index (χ2n) is 12.0. The van der Waals surface area contributed by atoms with Crippen molar-refractivity contribution in [3.63, 3.8) is 0 Å². The van der Waals surface area contributed by atoms with Gasteiger partial charge in [0.25, 0.3) is 0 Å². The first-order chi connectivity index (χ1) is 15.8. The third kappa shape index (κ3) is 3.71. The molecule has 182 valence electrons. The topological polar surface area (TPSA) is 97.1 Å². The molecule has 4 aliphatic carbocycles. The van der Waals surface area contributed by atoms with Crippen molar-refractivity contribution in [2.75, 3.05) is 18.9 Å². The summed E-state index contributed by atoms with van der Waals surface area (Å²) in [5.41, 5.74) is 6.48. The Morgan fingerprint density at radius 2 is 2.00 bits per heavy atom. The lowest BCUT2D eigenvalue weighted by Crippen LogP contribution is -2.52. The molecule has 0 radical (unpaired) electrons. The molecular weight excluding hydrogens is 412 g/mol. The van der Waals surface area contributed by atoms with E-state index in [1.54, 1.807) is 6.20 Å². The Balaban J connectivity index is 1.31. The maximum absolute atomic E-state index is 11.1. The summed E-state index contributed by atoms with van der Waals surface area (Å²) in [6.07, 6.45) is 12.4. The molecule has 9 atom stereocenters. The van der Waals surface area contributed by atoms with Crippen LogP contribution in [0.15, 0.2) is 6.20 Å². The van der Waals surface area contributed by atoms with Crippen LogP contribution in [-0.2, 0) is 4.74 Å². The predicted molar refractivity (Wildman–Crippen MR) is 128 cm³/mol. The van der Waals surface area contributed by atoms with Gasteiger partial charge in [-0.05, 0) is 113 Å². The largest absolute Gasteiger partial charge is 0.387 e. The van der Waals surface area contributed by atoms with E-state index in [9.17, 15) is 10.4 Å². The summed E-state index contributed by atoms with van der Waals surface area (Å²) in [5.74, 6) is 4.95. The van der Waals surface area contributed by atoms with Gasteiger partial charge in [-0.3, -0.25) is 0 Å². The molecule has 1 aromatic rings. The highest BCUT2D eigenvalue weighted by atomic mass is 16.5. The Hall–Kier alpha value is -1.58. The minimum absolute atomic E-state index is 0.221.